The third kappa shape index (κ3) is 3.86. The van der Waals surface area contributed by atoms with Gasteiger partial charge in [-0.05, 0) is 39.0 Å². The van der Waals surface area contributed by atoms with E-state index < -0.39 is 21.2 Å². The molecule has 1 rings (SSSR count). The quantitative estimate of drug-likeness (QED) is 0.813. The summed E-state index contributed by atoms with van der Waals surface area (Å²) < 4.78 is 36.1. The van der Waals surface area contributed by atoms with Crippen LogP contribution in [0.4, 0.5) is 5.69 Å². The van der Waals surface area contributed by atoms with Gasteiger partial charge in [-0.25, -0.2) is 13.2 Å². The minimum Gasteiger partial charge on any atom is -0.497 e. The minimum atomic E-state index is -3.54. The molecule has 0 saturated carbocycles. The molecule has 0 amide bonds. The first-order valence-corrected chi connectivity index (χ1v) is 7.73. The monoisotopic (exact) mass is 301 g/mol. The Morgan fingerprint density at radius 2 is 2.00 bits per heavy atom. The SMILES string of the molecule is CCOC(=O)c1cc(OC)ccc1NS(=O)(=O)C(C)C. The van der Waals surface area contributed by atoms with Crippen LogP contribution < -0.4 is 9.46 Å². The van der Waals surface area contributed by atoms with Crippen LogP contribution in [0.25, 0.3) is 0 Å². The molecular weight excluding hydrogens is 282 g/mol. The molecule has 0 spiro atoms. The van der Waals surface area contributed by atoms with Crippen molar-refractivity contribution in [1.29, 1.82) is 0 Å². The Morgan fingerprint density at radius 1 is 1.35 bits per heavy atom. The number of ether oxygens (including phenoxy) is 2. The van der Waals surface area contributed by atoms with Gasteiger partial charge in [0.15, 0.2) is 0 Å². The summed E-state index contributed by atoms with van der Waals surface area (Å²) in [6.07, 6.45) is 0. The average molecular weight is 301 g/mol. The van der Waals surface area contributed by atoms with Gasteiger partial charge >= 0.3 is 5.97 Å². The summed E-state index contributed by atoms with van der Waals surface area (Å²) in [5, 5.41) is -0.611. The van der Waals surface area contributed by atoms with E-state index in [0.29, 0.717) is 5.75 Å². The van der Waals surface area contributed by atoms with Crippen LogP contribution in [0.15, 0.2) is 18.2 Å². The highest BCUT2D eigenvalue weighted by Crippen LogP contribution is 2.24. The second-order valence-electron chi connectivity index (χ2n) is 4.33. The first-order chi connectivity index (χ1) is 9.31. The Balaban J connectivity index is 3.22. The number of carbonyl (C=O) groups excluding carboxylic acids is 1. The summed E-state index contributed by atoms with van der Waals surface area (Å²) in [6.45, 7) is 4.98. The fraction of sp³-hybridized carbons (Fsp3) is 0.462. The zero-order valence-electron chi connectivity index (χ0n) is 12.0. The highest BCUT2D eigenvalue weighted by molar-refractivity contribution is 7.93. The number of esters is 1. The van der Waals surface area contributed by atoms with Crippen LogP contribution in [0, 0.1) is 0 Å². The molecule has 20 heavy (non-hydrogen) atoms. The van der Waals surface area contributed by atoms with E-state index in [-0.39, 0.29) is 17.9 Å². The molecule has 0 aliphatic heterocycles. The lowest BCUT2D eigenvalue weighted by molar-refractivity contribution is 0.0527. The number of sulfonamides is 1. The second kappa shape index (κ2) is 6.60. The fourth-order valence-electron chi connectivity index (χ4n) is 1.39. The number of nitrogens with one attached hydrogen (secondary N) is 1. The highest BCUT2D eigenvalue weighted by atomic mass is 32.2. The Hall–Kier alpha value is -1.76. The lowest BCUT2D eigenvalue weighted by Crippen LogP contribution is -2.24. The van der Waals surface area contributed by atoms with E-state index in [1.807, 2.05) is 0 Å². The lowest BCUT2D eigenvalue weighted by atomic mass is 10.2. The zero-order valence-corrected chi connectivity index (χ0v) is 12.8. The number of benzene rings is 1. The van der Waals surface area contributed by atoms with Crippen LogP contribution in [0.1, 0.15) is 31.1 Å². The van der Waals surface area contributed by atoms with Crippen molar-refractivity contribution in [3.8, 4) is 5.75 Å². The molecule has 0 aromatic heterocycles. The Bertz CT molecular complexity index is 580. The summed E-state index contributed by atoms with van der Waals surface area (Å²) in [4.78, 5) is 11.9. The van der Waals surface area contributed by atoms with E-state index in [2.05, 4.69) is 4.72 Å². The highest BCUT2D eigenvalue weighted by Gasteiger charge is 2.21. The smallest absolute Gasteiger partial charge is 0.340 e. The predicted octanol–water partition coefficient (Wildman–Crippen LogP) is 2.02. The topological polar surface area (TPSA) is 81.7 Å². The summed E-state index contributed by atoms with van der Waals surface area (Å²) in [7, 11) is -2.08. The van der Waals surface area contributed by atoms with Gasteiger partial charge in [-0.3, -0.25) is 4.72 Å². The minimum absolute atomic E-state index is 0.121. The van der Waals surface area contributed by atoms with Crippen LogP contribution in [0.3, 0.4) is 0 Å². The number of hydrogen-bond donors (Lipinski definition) is 1. The number of carbonyl (C=O) groups is 1. The molecule has 0 aliphatic rings. The van der Waals surface area contributed by atoms with Crippen LogP contribution in [-0.4, -0.2) is 33.4 Å². The van der Waals surface area contributed by atoms with Crippen LogP contribution >= 0.6 is 0 Å². The van der Waals surface area contributed by atoms with E-state index in [1.165, 1.54) is 19.2 Å². The summed E-state index contributed by atoms with van der Waals surface area (Å²) >= 11 is 0. The third-order valence-electron chi connectivity index (χ3n) is 2.59. The first-order valence-electron chi connectivity index (χ1n) is 6.18. The molecule has 1 N–H and O–H groups in total. The molecule has 0 radical (unpaired) electrons. The number of methoxy groups -OCH3 is 1. The molecule has 1 aromatic rings. The maximum atomic E-state index is 11.9. The number of rotatable bonds is 6. The Kier molecular flexibility index (Phi) is 5.38. The van der Waals surface area contributed by atoms with Crippen molar-refractivity contribution >= 4 is 21.7 Å². The van der Waals surface area contributed by atoms with Gasteiger partial charge in [-0.1, -0.05) is 0 Å². The molecular formula is C13H19NO5S. The molecule has 0 heterocycles. The molecule has 112 valence electrons. The maximum absolute atomic E-state index is 11.9. The maximum Gasteiger partial charge on any atom is 0.340 e. The standard InChI is InChI=1S/C13H19NO5S/c1-5-19-13(15)11-8-10(18-4)6-7-12(11)14-20(16,17)9(2)3/h6-9,14H,5H2,1-4H3. The number of anilines is 1. The van der Waals surface area contributed by atoms with Gasteiger partial charge in [0.25, 0.3) is 0 Å². The Morgan fingerprint density at radius 3 is 2.50 bits per heavy atom. The lowest BCUT2D eigenvalue weighted by Gasteiger charge is -2.14. The van der Waals surface area contributed by atoms with E-state index in [9.17, 15) is 13.2 Å². The van der Waals surface area contributed by atoms with Gasteiger partial charge in [-0.15, -0.1) is 0 Å². The van der Waals surface area contributed by atoms with Crippen molar-refractivity contribution in [3.05, 3.63) is 23.8 Å². The molecule has 1 aromatic carbocycles. The fourth-order valence-corrected chi connectivity index (χ4v) is 2.11. The largest absolute Gasteiger partial charge is 0.497 e. The summed E-state index contributed by atoms with van der Waals surface area (Å²) in [5.74, 6) is -0.159. The number of hydrogen-bond acceptors (Lipinski definition) is 5. The van der Waals surface area contributed by atoms with Crippen molar-refractivity contribution in [2.24, 2.45) is 0 Å². The van der Waals surface area contributed by atoms with Crippen molar-refractivity contribution in [3.63, 3.8) is 0 Å². The molecule has 0 bridgehead atoms. The molecule has 0 unspecified atom stereocenters. The van der Waals surface area contributed by atoms with Crippen molar-refractivity contribution in [1.82, 2.24) is 0 Å². The van der Waals surface area contributed by atoms with Crippen molar-refractivity contribution in [2.75, 3.05) is 18.4 Å². The van der Waals surface area contributed by atoms with E-state index in [0.717, 1.165) is 0 Å². The molecule has 0 fully saturated rings. The molecule has 7 heteroatoms. The van der Waals surface area contributed by atoms with Crippen LogP contribution in [-0.2, 0) is 14.8 Å². The molecule has 0 aliphatic carbocycles. The van der Waals surface area contributed by atoms with Gasteiger partial charge in [0.05, 0.1) is 30.2 Å². The van der Waals surface area contributed by atoms with Crippen LogP contribution in [0.5, 0.6) is 5.75 Å². The van der Waals surface area contributed by atoms with E-state index in [1.54, 1.807) is 26.8 Å². The first kappa shape index (κ1) is 16.3. The van der Waals surface area contributed by atoms with Crippen molar-refractivity contribution < 1.29 is 22.7 Å². The average Bonchev–Trinajstić information content (AvgIpc) is 2.38. The van der Waals surface area contributed by atoms with Gasteiger partial charge in [0.2, 0.25) is 10.0 Å². The van der Waals surface area contributed by atoms with Gasteiger partial charge in [-0.2, -0.15) is 0 Å². The molecule has 0 saturated heterocycles. The third-order valence-corrected chi connectivity index (χ3v) is 4.34. The van der Waals surface area contributed by atoms with Gasteiger partial charge in [0, 0.05) is 0 Å². The zero-order chi connectivity index (χ0) is 15.3. The Labute approximate surface area is 119 Å². The normalized spacial score (nSPS) is 11.2. The van der Waals surface area contributed by atoms with Gasteiger partial charge < -0.3 is 9.47 Å². The summed E-state index contributed by atoms with van der Waals surface area (Å²) in [5.41, 5.74) is 0.299. The summed E-state index contributed by atoms with van der Waals surface area (Å²) in [6, 6.07) is 4.49. The molecule has 0 atom stereocenters. The van der Waals surface area contributed by atoms with Gasteiger partial charge in [0.1, 0.15) is 5.75 Å². The second-order valence-corrected chi connectivity index (χ2v) is 6.56. The van der Waals surface area contributed by atoms with Crippen LogP contribution in [0.2, 0.25) is 0 Å². The molecule has 6 nitrogen and oxygen atoms in total. The van der Waals surface area contributed by atoms with E-state index >= 15 is 0 Å². The van der Waals surface area contributed by atoms with Crippen molar-refractivity contribution in [2.45, 2.75) is 26.0 Å². The van der Waals surface area contributed by atoms with E-state index in [4.69, 9.17) is 9.47 Å². The predicted molar refractivity (Wildman–Crippen MR) is 76.6 cm³/mol.